The molecule has 1 aliphatic rings. The highest BCUT2D eigenvalue weighted by molar-refractivity contribution is 6.02. The largest absolute Gasteiger partial charge is 0.496 e. The van der Waals surface area contributed by atoms with Crippen LogP contribution in [-0.2, 0) is 27.3 Å². The molecule has 2 unspecified atom stereocenters. The molecule has 37 heavy (non-hydrogen) atoms. The van der Waals surface area contributed by atoms with Gasteiger partial charge in [-0.2, -0.15) is 0 Å². The van der Waals surface area contributed by atoms with Crippen LogP contribution in [0, 0.1) is 0 Å². The number of aryl methyl sites for hydroxylation is 1. The predicted octanol–water partition coefficient (Wildman–Crippen LogP) is 3.63. The highest BCUT2D eigenvalue weighted by Crippen LogP contribution is 2.34. The standard InChI is InChI=1S/C28H31N3O5.ClH/c1-17(29-2)26(32)30-23-13-11-19-7-5-6-8-24(19)31(27(23)33)16-22-21-15-20(28(34)36-4)10-9-18(21)12-14-25(22)35-3;/h5-10,12,14-15,17,23,29H,11,13,16H2,1-4H3,(H,30,32);1H. The SMILES string of the molecule is CNC(C)C(=O)NC1CCc2ccccc2N(Cc2c(OC)ccc3ccc(C(=O)OC)cc23)C1=O.Cl. The Morgan fingerprint density at radius 3 is 2.54 bits per heavy atom. The molecule has 0 radical (unpaired) electrons. The Bertz CT molecular complexity index is 1310. The number of halogens is 1. The minimum absolute atomic E-state index is 0. The molecule has 0 aliphatic carbocycles. The maximum atomic E-state index is 13.9. The summed E-state index contributed by atoms with van der Waals surface area (Å²) in [5.41, 5.74) is 3.00. The Morgan fingerprint density at radius 1 is 1.11 bits per heavy atom. The number of carbonyl (C=O) groups is 3. The third-order valence-corrected chi connectivity index (χ3v) is 6.74. The van der Waals surface area contributed by atoms with Gasteiger partial charge in [-0.05, 0) is 67.4 Å². The predicted molar refractivity (Wildman–Crippen MR) is 145 cm³/mol. The minimum Gasteiger partial charge on any atom is -0.496 e. The number of hydrogen-bond acceptors (Lipinski definition) is 6. The fourth-order valence-corrected chi connectivity index (χ4v) is 4.56. The Hall–Kier alpha value is -3.62. The van der Waals surface area contributed by atoms with Crippen molar-refractivity contribution < 1.29 is 23.9 Å². The Labute approximate surface area is 222 Å². The first-order chi connectivity index (χ1) is 17.4. The van der Waals surface area contributed by atoms with Crippen molar-refractivity contribution in [1.29, 1.82) is 0 Å². The smallest absolute Gasteiger partial charge is 0.337 e. The van der Waals surface area contributed by atoms with E-state index in [1.165, 1.54) is 7.11 Å². The molecule has 3 aromatic rings. The van der Waals surface area contributed by atoms with Gasteiger partial charge in [0.05, 0.1) is 32.4 Å². The summed E-state index contributed by atoms with van der Waals surface area (Å²) in [6, 6.07) is 15.8. The molecular formula is C28H32ClN3O5. The third kappa shape index (κ3) is 5.70. The van der Waals surface area contributed by atoms with Crippen molar-refractivity contribution in [3.05, 3.63) is 71.3 Å². The summed E-state index contributed by atoms with van der Waals surface area (Å²) in [4.78, 5) is 40.5. The van der Waals surface area contributed by atoms with Gasteiger partial charge in [-0.15, -0.1) is 12.4 Å². The molecule has 2 N–H and O–H groups in total. The van der Waals surface area contributed by atoms with Crippen LogP contribution >= 0.6 is 12.4 Å². The first-order valence-corrected chi connectivity index (χ1v) is 11.9. The third-order valence-electron chi connectivity index (χ3n) is 6.74. The van der Waals surface area contributed by atoms with Crippen molar-refractivity contribution in [2.75, 3.05) is 26.2 Å². The second-order valence-electron chi connectivity index (χ2n) is 8.84. The molecule has 1 aliphatic heterocycles. The van der Waals surface area contributed by atoms with E-state index in [0.29, 0.717) is 24.2 Å². The molecule has 0 spiro atoms. The molecule has 0 saturated carbocycles. The van der Waals surface area contributed by atoms with E-state index in [1.807, 2.05) is 42.5 Å². The average Bonchev–Trinajstić information content (AvgIpc) is 3.04. The van der Waals surface area contributed by atoms with Gasteiger partial charge in [0, 0.05) is 11.3 Å². The lowest BCUT2D eigenvalue weighted by Crippen LogP contribution is -2.52. The Kier molecular flexibility index (Phi) is 9.13. The van der Waals surface area contributed by atoms with Crippen LogP contribution in [0.25, 0.3) is 10.8 Å². The number of likely N-dealkylation sites (N-methyl/N-ethyl adjacent to an activating group) is 1. The fraction of sp³-hybridized carbons (Fsp3) is 0.321. The zero-order valence-corrected chi connectivity index (χ0v) is 22.2. The summed E-state index contributed by atoms with van der Waals surface area (Å²) < 4.78 is 10.6. The topological polar surface area (TPSA) is 97.0 Å². The molecule has 0 bridgehead atoms. The molecule has 0 fully saturated rings. The van der Waals surface area contributed by atoms with Gasteiger partial charge in [0.2, 0.25) is 11.8 Å². The van der Waals surface area contributed by atoms with E-state index in [1.54, 1.807) is 38.1 Å². The van der Waals surface area contributed by atoms with E-state index < -0.39 is 18.1 Å². The van der Waals surface area contributed by atoms with Crippen LogP contribution in [-0.4, -0.2) is 51.1 Å². The van der Waals surface area contributed by atoms with Crippen LogP contribution in [0.5, 0.6) is 5.75 Å². The number of nitrogens with zero attached hydrogens (tertiary/aromatic N) is 1. The molecule has 9 heteroatoms. The summed E-state index contributed by atoms with van der Waals surface area (Å²) in [7, 11) is 4.63. The van der Waals surface area contributed by atoms with Gasteiger partial charge in [-0.3, -0.25) is 9.59 Å². The maximum Gasteiger partial charge on any atom is 0.337 e. The summed E-state index contributed by atoms with van der Waals surface area (Å²) in [5, 5.41) is 7.53. The van der Waals surface area contributed by atoms with E-state index in [4.69, 9.17) is 9.47 Å². The molecule has 1 heterocycles. The van der Waals surface area contributed by atoms with Gasteiger partial charge in [-0.25, -0.2) is 4.79 Å². The summed E-state index contributed by atoms with van der Waals surface area (Å²) in [6.45, 7) is 1.96. The quantitative estimate of drug-likeness (QED) is 0.457. The lowest BCUT2D eigenvalue weighted by Gasteiger charge is -2.28. The number of carbonyl (C=O) groups excluding carboxylic acids is 3. The fourth-order valence-electron chi connectivity index (χ4n) is 4.56. The highest BCUT2D eigenvalue weighted by atomic mass is 35.5. The van der Waals surface area contributed by atoms with Crippen LogP contribution in [0.4, 0.5) is 5.69 Å². The van der Waals surface area contributed by atoms with E-state index in [2.05, 4.69) is 10.6 Å². The van der Waals surface area contributed by atoms with E-state index in [9.17, 15) is 14.4 Å². The van der Waals surface area contributed by atoms with Crippen LogP contribution in [0.15, 0.2) is 54.6 Å². The van der Waals surface area contributed by atoms with Gasteiger partial charge in [0.1, 0.15) is 11.8 Å². The molecule has 0 aromatic heterocycles. The molecule has 3 aromatic carbocycles. The van der Waals surface area contributed by atoms with Gasteiger partial charge in [0.25, 0.3) is 0 Å². The van der Waals surface area contributed by atoms with Crippen molar-refractivity contribution in [3.63, 3.8) is 0 Å². The number of nitrogens with one attached hydrogen (secondary N) is 2. The van der Waals surface area contributed by atoms with Crippen molar-refractivity contribution in [1.82, 2.24) is 10.6 Å². The number of amides is 2. The number of benzene rings is 3. The van der Waals surface area contributed by atoms with Gasteiger partial charge in [0.15, 0.2) is 0 Å². The lowest BCUT2D eigenvalue weighted by molar-refractivity contribution is -0.128. The number of methoxy groups -OCH3 is 2. The second kappa shape index (κ2) is 12.1. The first-order valence-electron chi connectivity index (χ1n) is 11.9. The van der Waals surface area contributed by atoms with Crippen LogP contribution in [0.1, 0.15) is 34.8 Å². The number of hydrogen-bond donors (Lipinski definition) is 2. The normalized spacial score (nSPS) is 15.7. The molecule has 2 amide bonds. The zero-order chi connectivity index (χ0) is 25.8. The monoisotopic (exact) mass is 525 g/mol. The van der Waals surface area contributed by atoms with Crippen molar-refractivity contribution >= 4 is 46.7 Å². The summed E-state index contributed by atoms with van der Waals surface area (Å²) in [6.07, 6.45) is 1.14. The average molecular weight is 526 g/mol. The van der Waals surface area contributed by atoms with Gasteiger partial charge < -0.3 is 25.0 Å². The lowest BCUT2D eigenvalue weighted by atomic mass is 9.99. The number of esters is 1. The van der Waals surface area contributed by atoms with Crippen molar-refractivity contribution in [2.45, 2.75) is 38.4 Å². The minimum atomic E-state index is -0.674. The maximum absolute atomic E-state index is 13.9. The molecular weight excluding hydrogens is 494 g/mol. The van der Waals surface area contributed by atoms with E-state index in [-0.39, 0.29) is 30.8 Å². The molecule has 0 saturated heterocycles. The molecule has 2 atom stereocenters. The van der Waals surface area contributed by atoms with Crippen LogP contribution in [0.3, 0.4) is 0 Å². The Morgan fingerprint density at radius 2 is 1.84 bits per heavy atom. The molecule has 4 rings (SSSR count). The number of fused-ring (bicyclic) bond motifs is 2. The molecule has 196 valence electrons. The zero-order valence-electron chi connectivity index (χ0n) is 21.4. The highest BCUT2D eigenvalue weighted by Gasteiger charge is 2.33. The summed E-state index contributed by atoms with van der Waals surface area (Å²) >= 11 is 0. The Balaban J connectivity index is 0.00000380. The summed E-state index contributed by atoms with van der Waals surface area (Å²) in [5.74, 6) is -0.265. The number of anilines is 1. The van der Waals surface area contributed by atoms with Crippen LogP contribution in [0.2, 0.25) is 0 Å². The first kappa shape index (κ1) is 28.0. The van der Waals surface area contributed by atoms with Crippen molar-refractivity contribution in [2.24, 2.45) is 0 Å². The number of para-hydroxylation sites is 1. The van der Waals surface area contributed by atoms with Crippen molar-refractivity contribution in [3.8, 4) is 5.75 Å². The number of rotatable bonds is 7. The van der Waals surface area contributed by atoms with Crippen LogP contribution < -0.4 is 20.3 Å². The van der Waals surface area contributed by atoms with Gasteiger partial charge in [-0.1, -0.05) is 30.3 Å². The molecule has 8 nitrogen and oxygen atoms in total. The second-order valence-corrected chi connectivity index (χ2v) is 8.84. The van der Waals surface area contributed by atoms with Gasteiger partial charge >= 0.3 is 5.97 Å². The van der Waals surface area contributed by atoms with E-state index >= 15 is 0 Å². The van der Waals surface area contributed by atoms with E-state index in [0.717, 1.165) is 27.6 Å². The number of ether oxygens (including phenoxy) is 2.